The minimum absolute atomic E-state index is 0.0361. The molecule has 0 saturated carbocycles. The molecule has 0 spiro atoms. The molecule has 1 amide bonds. The second-order valence-corrected chi connectivity index (χ2v) is 7.72. The van der Waals surface area contributed by atoms with Crippen LogP contribution in [0.4, 0.5) is 0 Å². The largest absolute Gasteiger partial charge is 0.372 e. The molecule has 0 N–H and O–H groups in total. The lowest BCUT2D eigenvalue weighted by molar-refractivity contribution is -0.137. The molecule has 1 fully saturated rings. The molecular weight excluding hydrogens is 340 g/mol. The first kappa shape index (κ1) is 19.4. The Morgan fingerprint density at radius 3 is 2.56 bits per heavy atom. The molecule has 3 heterocycles. The highest BCUT2D eigenvalue weighted by molar-refractivity contribution is 5.92. The van der Waals surface area contributed by atoms with Gasteiger partial charge in [0, 0.05) is 42.7 Å². The number of morpholine rings is 1. The second-order valence-electron chi connectivity index (χ2n) is 7.72. The third-order valence-corrected chi connectivity index (χ3v) is 4.97. The molecule has 1 aliphatic heterocycles. The highest BCUT2D eigenvalue weighted by atomic mass is 16.5. The van der Waals surface area contributed by atoms with E-state index in [4.69, 9.17) is 4.74 Å². The van der Waals surface area contributed by atoms with Crippen molar-refractivity contribution >= 4 is 12.0 Å². The molecule has 0 aliphatic carbocycles. The van der Waals surface area contributed by atoms with Gasteiger partial charge in [0.1, 0.15) is 5.82 Å². The van der Waals surface area contributed by atoms with Crippen LogP contribution in [0.5, 0.6) is 0 Å². The number of rotatable bonds is 4. The third kappa shape index (κ3) is 4.00. The molecule has 0 radical (unpaired) electrons. The summed E-state index contributed by atoms with van der Waals surface area (Å²) in [4.78, 5) is 14.5. The van der Waals surface area contributed by atoms with Gasteiger partial charge in [-0.2, -0.15) is 5.10 Å². The number of ether oxygens (including phenoxy) is 1. The fourth-order valence-corrected chi connectivity index (χ4v) is 3.82. The molecule has 2 aromatic rings. The Morgan fingerprint density at radius 2 is 1.93 bits per heavy atom. The van der Waals surface area contributed by atoms with Crippen LogP contribution in [0.1, 0.15) is 50.7 Å². The van der Waals surface area contributed by atoms with Crippen molar-refractivity contribution in [3.63, 3.8) is 0 Å². The lowest BCUT2D eigenvalue weighted by atomic mass is 10.2. The van der Waals surface area contributed by atoms with Crippen LogP contribution in [0.15, 0.2) is 24.4 Å². The Labute approximate surface area is 161 Å². The number of hydrogen-bond acceptors (Lipinski definition) is 3. The van der Waals surface area contributed by atoms with Gasteiger partial charge in [-0.25, -0.2) is 4.68 Å². The molecule has 6 nitrogen and oxygen atoms in total. The Balaban J connectivity index is 1.83. The van der Waals surface area contributed by atoms with E-state index in [9.17, 15) is 4.79 Å². The van der Waals surface area contributed by atoms with Crippen LogP contribution in [0.3, 0.4) is 0 Å². The Bertz CT molecular complexity index is 836. The first-order valence-corrected chi connectivity index (χ1v) is 9.63. The molecule has 2 atom stereocenters. The molecule has 0 unspecified atom stereocenters. The summed E-state index contributed by atoms with van der Waals surface area (Å²) in [7, 11) is 0. The Hall–Kier alpha value is -2.34. The van der Waals surface area contributed by atoms with Gasteiger partial charge in [-0.15, -0.1) is 0 Å². The van der Waals surface area contributed by atoms with Crippen molar-refractivity contribution in [3.05, 3.63) is 41.4 Å². The first-order valence-electron chi connectivity index (χ1n) is 9.63. The zero-order valence-electron chi connectivity index (χ0n) is 17.1. The van der Waals surface area contributed by atoms with E-state index in [-0.39, 0.29) is 24.2 Å². The number of carbonyl (C=O) groups is 1. The summed E-state index contributed by atoms with van der Waals surface area (Å²) >= 11 is 0. The van der Waals surface area contributed by atoms with Crippen molar-refractivity contribution in [3.8, 4) is 5.82 Å². The molecule has 0 aromatic carbocycles. The van der Waals surface area contributed by atoms with Gasteiger partial charge in [0.2, 0.25) is 5.91 Å². The normalized spacial score (nSPS) is 20.8. The maximum atomic E-state index is 12.6. The van der Waals surface area contributed by atoms with E-state index in [0.29, 0.717) is 13.1 Å². The van der Waals surface area contributed by atoms with Gasteiger partial charge < -0.3 is 14.2 Å². The summed E-state index contributed by atoms with van der Waals surface area (Å²) in [5.74, 6) is 1.08. The van der Waals surface area contributed by atoms with Gasteiger partial charge >= 0.3 is 0 Å². The molecule has 1 aliphatic rings. The van der Waals surface area contributed by atoms with E-state index in [1.165, 1.54) is 0 Å². The highest BCUT2D eigenvalue weighted by Gasteiger charge is 2.24. The SMILES string of the molecule is Cc1cc(/C=C\C(=O)N2C[C@H](C)O[C@@H](C)C2)c(C)n1-c1ccnn1C(C)C. The van der Waals surface area contributed by atoms with Gasteiger partial charge in [-0.05, 0) is 59.2 Å². The van der Waals surface area contributed by atoms with Crippen LogP contribution in [0.25, 0.3) is 11.9 Å². The summed E-state index contributed by atoms with van der Waals surface area (Å²) in [6.45, 7) is 13.7. The van der Waals surface area contributed by atoms with Gasteiger partial charge in [0.05, 0.1) is 18.4 Å². The molecule has 1 saturated heterocycles. The average Bonchev–Trinajstić information content (AvgIpc) is 3.16. The Kier molecular flexibility index (Phi) is 5.56. The smallest absolute Gasteiger partial charge is 0.246 e. The maximum Gasteiger partial charge on any atom is 0.246 e. The monoisotopic (exact) mass is 370 g/mol. The van der Waals surface area contributed by atoms with Crippen molar-refractivity contribution in [2.24, 2.45) is 0 Å². The van der Waals surface area contributed by atoms with Gasteiger partial charge in [0.15, 0.2) is 0 Å². The van der Waals surface area contributed by atoms with Crippen molar-refractivity contribution in [2.45, 2.75) is 59.8 Å². The summed E-state index contributed by atoms with van der Waals surface area (Å²) < 4.78 is 9.91. The predicted molar refractivity (Wildman–Crippen MR) is 107 cm³/mol. The number of aromatic nitrogens is 3. The fourth-order valence-electron chi connectivity index (χ4n) is 3.82. The third-order valence-electron chi connectivity index (χ3n) is 4.97. The number of nitrogens with zero attached hydrogens (tertiary/aromatic N) is 4. The molecule has 27 heavy (non-hydrogen) atoms. The second kappa shape index (κ2) is 7.72. The first-order chi connectivity index (χ1) is 12.8. The van der Waals surface area contributed by atoms with Crippen LogP contribution in [0.2, 0.25) is 0 Å². The van der Waals surface area contributed by atoms with Crippen LogP contribution < -0.4 is 0 Å². The van der Waals surface area contributed by atoms with Gasteiger partial charge in [-0.3, -0.25) is 4.79 Å². The number of hydrogen-bond donors (Lipinski definition) is 0. The average molecular weight is 370 g/mol. The molecule has 2 aromatic heterocycles. The summed E-state index contributed by atoms with van der Waals surface area (Å²) in [5, 5.41) is 4.44. The van der Waals surface area contributed by atoms with E-state index in [2.05, 4.69) is 43.4 Å². The van der Waals surface area contributed by atoms with E-state index in [1.54, 1.807) is 6.08 Å². The highest BCUT2D eigenvalue weighted by Crippen LogP contribution is 2.23. The van der Waals surface area contributed by atoms with Crippen LogP contribution in [0, 0.1) is 13.8 Å². The molecular formula is C21H30N4O2. The predicted octanol–water partition coefficient (Wildman–Crippen LogP) is 3.52. The maximum absolute atomic E-state index is 12.6. The fraction of sp³-hybridized carbons (Fsp3) is 0.524. The van der Waals surface area contributed by atoms with Crippen molar-refractivity contribution in [1.29, 1.82) is 0 Å². The van der Waals surface area contributed by atoms with E-state index >= 15 is 0 Å². The Morgan fingerprint density at radius 1 is 1.26 bits per heavy atom. The van der Waals surface area contributed by atoms with Crippen molar-refractivity contribution in [1.82, 2.24) is 19.2 Å². The molecule has 0 bridgehead atoms. The lowest BCUT2D eigenvalue weighted by Gasteiger charge is -2.34. The molecule has 6 heteroatoms. The van der Waals surface area contributed by atoms with Crippen LogP contribution >= 0.6 is 0 Å². The minimum Gasteiger partial charge on any atom is -0.372 e. The number of amides is 1. The topological polar surface area (TPSA) is 52.3 Å². The van der Waals surface area contributed by atoms with Gasteiger partial charge in [0.25, 0.3) is 0 Å². The lowest BCUT2D eigenvalue weighted by Crippen LogP contribution is -2.47. The number of carbonyl (C=O) groups excluding carboxylic acids is 1. The van der Waals surface area contributed by atoms with E-state index in [1.807, 2.05) is 41.8 Å². The van der Waals surface area contributed by atoms with E-state index in [0.717, 1.165) is 22.8 Å². The standard InChI is InChI=1S/C21H30N4O2/c1-14(2)25-20(9-10-22-25)24-15(3)11-19(18(24)6)7-8-21(26)23-12-16(4)27-17(5)13-23/h7-11,14,16-17H,12-13H2,1-6H3/b8-7-/t16-,17-/m0/s1. The van der Waals surface area contributed by atoms with Crippen molar-refractivity contribution in [2.75, 3.05) is 13.1 Å². The van der Waals surface area contributed by atoms with Crippen LogP contribution in [-0.2, 0) is 9.53 Å². The molecule has 3 rings (SSSR count). The summed E-state index contributed by atoms with van der Waals surface area (Å²) in [5.41, 5.74) is 3.27. The zero-order chi connectivity index (χ0) is 19.7. The molecule has 146 valence electrons. The number of aryl methyl sites for hydroxylation is 1. The van der Waals surface area contributed by atoms with Crippen LogP contribution in [-0.4, -0.2) is 50.5 Å². The van der Waals surface area contributed by atoms with Crippen molar-refractivity contribution < 1.29 is 9.53 Å². The minimum atomic E-state index is 0.0361. The van der Waals surface area contributed by atoms with E-state index < -0.39 is 0 Å². The summed E-state index contributed by atoms with van der Waals surface area (Å²) in [6, 6.07) is 4.42. The zero-order valence-corrected chi connectivity index (χ0v) is 17.1. The van der Waals surface area contributed by atoms with Gasteiger partial charge in [-0.1, -0.05) is 0 Å². The summed E-state index contributed by atoms with van der Waals surface area (Å²) in [6.07, 6.45) is 5.58. The quantitative estimate of drug-likeness (QED) is 0.774.